The molecule has 2 heteroatoms. The second-order valence-electron chi connectivity index (χ2n) is 4.87. The second kappa shape index (κ2) is 3.97. The van der Waals surface area contributed by atoms with E-state index in [2.05, 4.69) is 24.2 Å². The van der Waals surface area contributed by atoms with E-state index in [0.717, 1.165) is 18.0 Å². The van der Waals surface area contributed by atoms with Crippen molar-refractivity contribution in [3.8, 4) is 0 Å². The third-order valence-corrected chi connectivity index (χ3v) is 3.65. The topological polar surface area (TPSA) is 15.3 Å². The summed E-state index contributed by atoms with van der Waals surface area (Å²) in [6.07, 6.45) is 5.68. The molecule has 2 rings (SSSR count). The number of hydrogen-bond acceptors (Lipinski definition) is 2. The molecular formula is C11H22N2. The molecular weight excluding hydrogens is 160 g/mol. The van der Waals surface area contributed by atoms with Gasteiger partial charge in [0.15, 0.2) is 0 Å². The van der Waals surface area contributed by atoms with E-state index in [1.54, 1.807) is 0 Å². The normalized spacial score (nSPS) is 36.5. The summed E-state index contributed by atoms with van der Waals surface area (Å²) in [4.78, 5) is 2.38. The maximum atomic E-state index is 3.77. The highest BCUT2D eigenvalue weighted by Crippen LogP contribution is 2.28. The lowest BCUT2D eigenvalue weighted by atomic mass is 10.0. The van der Waals surface area contributed by atoms with Gasteiger partial charge in [-0.1, -0.05) is 13.3 Å². The van der Waals surface area contributed by atoms with Gasteiger partial charge >= 0.3 is 0 Å². The van der Waals surface area contributed by atoms with Crippen molar-refractivity contribution in [1.29, 1.82) is 0 Å². The van der Waals surface area contributed by atoms with Crippen molar-refractivity contribution in [2.24, 2.45) is 5.92 Å². The van der Waals surface area contributed by atoms with E-state index in [1.807, 2.05) is 0 Å². The van der Waals surface area contributed by atoms with E-state index in [4.69, 9.17) is 0 Å². The molecule has 2 unspecified atom stereocenters. The molecule has 0 aromatic heterocycles. The minimum Gasteiger partial charge on any atom is -0.309 e. The Morgan fingerprint density at radius 3 is 2.54 bits per heavy atom. The monoisotopic (exact) mass is 182 g/mol. The molecule has 0 spiro atoms. The van der Waals surface area contributed by atoms with Crippen LogP contribution in [-0.2, 0) is 0 Å². The molecule has 1 aliphatic carbocycles. The van der Waals surface area contributed by atoms with Gasteiger partial charge in [0.05, 0.1) is 0 Å². The highest BCUT2D eigenvalue weighted by atomic mass is 15.2. The van der Waals surface area contributed by atoms with E-state index in [1.165, 1.54) is 38.8 Å². The summed E-state index contributed by atoms with van der Waals surface area (Å²) >= 11 is 0. The number of likely N-dealkylation sites (N-methyl/N-ethyl adjacent to an activating group) is 1. The average Bonchev–Trinajstić information content (AvgIpc) is 2.50. The fraction of sp³-hybridized carbons (Fsp3) is 1.00. The van der Waals surface area contributed by atoms with Crippen LogP contribution >= 0.6 is 0 Å². The Kier molecular flexibility index (Phi) is 2.89. The Hall–Kier alpha value is -0.0800. The first kappa shape index (κ1) is 9.47. The molecule has 2 atom stereocenters. The lowest BCUT2D eigenvalue weighted by molar-refractivity contribution is 0.150. The molecule has 2 aliphatic rings. The third kappa shape index (κ3) is 2.23. The molecule has 1 N–H and O–H groups in total. The Morgan fingerprint density at radius 2 is 2.00 bits per heavy atom. The summed E-state index contributed by atoms with van der Waals surface area (Å²) in [7, 11) is 2.20. The van der Waals surface area contributed by atoms with Crippen LogP contribution in [0.15, 0.2) is 0 Å². The van der Waals surface area contributed by atoms with Gasteiger partial charge in [-0.25, -0.2) is 0 Å². The quantitative estimate of drug-likeness (QED) is 0.711. The van der Waals surface area contributed by atoms with Crippen LogP contribution in [0.5, 0.6) is 0 Å². The summed E-state index contributed by atoms with van der Waals surface area (Å²) in [6, 6.07) is 1.63. The van der Waals surface area contributed by atoms with Gasteiger partial charge in [-0.05, 0) is 32.2 Å². The molecule has 2 fully saturated rings. The molecule has 0 aromatic carbocycles. The fourth-order valence-electron chi connectivity index (χ4n) is 2.73. The average molecular weight is 182 g/mol. The molecule has 0 bridgehead atoms. The highest BCUT2D eigenvalue weighted by Gasteiger charge is 2.29. The predicted octanol–water partition coefficient (Wildman–Crippen LogP) is 1.47. The molecule has 13 heavy (non-hydrogen) atoms. The van der Waals surface area contributed by atoms with Crippen molar-refractivity contribution < 1.29 is 0 Å². The van der Waals surface area contributed by atoms with E-state index in [9.17, 15) is 0 Å². The number of hydrogen-bond donors (Lipinski definition) is 1. The first-order valence-electron chi connectivity index (χ1n) is 5.72. The van der Waals surface area contributed by atoms with Crippen LogP contribution in [0.3, 0.4) is 0 Å². The van der Waals surface area contributed by atoms with Crippen LogP contribution in [0.2, 0.25) is 0 Å². The van der Waals surface area contributed by atoms with Gasteiger partial charge in [0.2, 0.25) is 0 Å². The Morgan fingerprint density at radius 1 is 1.23 bits per heavy atom. The Bertz CT molecular complexity index is 163. The zero-order valence-electron chi connectivity index (χ0n) is 8.92. The fourth-order valence-corrected chi connectivity index (χ4v) is 2.73. The summed E-state index contributed by atoms with van der Waals surface area (Å²) in [5.41, 5.74) is 0. The molecule has 0 amide bonds. The summed E-state index contributed by atoms with van der Waals surface area (Å²) in [5, 5.41) is 3.77. The van der Waals surface area contributed by atoms with Gasteiger partial charge < -0.3 is 10.2 Å². The van der Waals surface area contributed by atoms with E-state index in [0.29, 0.717) is 0 Å². The number of nitrogens with zero attached hydrogens (tertiary/aromatic N) is 1. The van der Waals surface area contributed by atoms with Crippen LogP contribution in [0, 0.1) is 5.92 Å². The SMILES string of the molecule is CCC1CCC(NC2CN(C)C2)C1. The summed E-state index contributed by atoms with van der Waals surface area (Å²) in [6.45, 7) is 4.84. The third-order valence-electron chi connectivity index (χ3n) is 3.65. The molecule has 1 heterocycles. The van der Waals surface area contributed by atoms with Gasteiger partial charge in [-0.15, -0.1) is 0 Å². The summed E-state index contributed by atoms with van der Waals surface area (Å²) < 4.78 is 0. The standard InChI is InChI=1S/C11H22N2/c1-3-9-4-5-10(6-9)12-11-7-13(2)8-11/h9-12H,3-8H2,1-2H3. The maximum absolute atomic E-state index is 3.77. The minimum absolute atomic E-state index is 0.797. The molecule has 76 valence electrons. The molecule has 2 nitrogen and oxygen atoms in total. The van der Waals surface area contributed by atoms with Gasteiger partial charge in [0.25, 0.3) is 0 Å². The van der Waals surface area contributed by atoms with Crippen molar-refractivity contribution in [3.05, 3.63) is 0 Å². The lowest BCUT2D eigenvalue weighted by Crippen LogP contribution is -2.58. The van der Waals surface area contributed by atoms with Gasteiger partial charge in [0.1, 0.15) is 0 Å². The Balaban J connectivity index is 1.66. The first-order valence-corrected chi connectivity index (χ1v) is 5.72. The molecule has 0 radical (unpaired) electrons. The van der Waals surface area contributed by atoms with Crippen LogP contribution in [0.25, 0.3) is 0 Å². The molecule has 1 saturated heterocycles. The predicted molar refractivity (Wildman–Crippen MR) is 55.8 cm³/mol. The lowest BCUT2D eigenvalue weighted by Gasteiger charge is -2.38. The molecule has 1 aliphatic heterocycles. The molecule has 0 aromatic rings. The van der Waals surface area contributed by atoms with Crippen LogP contribution in [0.1, 0.15) is 32.6 Å². The van der Waals surface area contributed by atoms with Crippen LogP contribution in [0.4, 0.5) is 0 Å². The van der Waals surface area contributed by atoms with Crippen LogP contribution < -0.4 is 5.32 Å². The first-order chi connectivity index (χ1) is 6.28. The number of rotatable bonds is 3. The van der Waals surface area contributed by atoms with Crippen LogP contribution in [-0.4, -0.2) is 37.1 Å². The number of nitrogens with one attached hydrogen (secondary N) is 1. The number of likely N-dealkylation sites (tertiary alicyclic amines) is 1. The van der Waals surface area contributed by atoms with Crippen molar-refractivity contribution >= 4 is 0 Å². The van der Waals surface area contributed by atoms with Crippen molar-refractivity contribution in [3.63, 3.8) is 0 Å². The van der Waals surface area contributed by atoms with Gasteiger partial charge in [-0.3, -0.25) is 0 Å². The van der Waals surface area contributed by atoms with Gasteiger partial charge in [0, 0.05) is 25.2 Å². The van der Waals surface area contributed by atoms with E-state index < -0.39 is 0 Å². The van der Waals surface area contributed by atoms with Crippen molar-refractivity contribution in [2.45, 2.75) is 44.7 Å². The zero-order valence-corrected chi connectivity index (χ0v) is 8.92. The largest absolute Gasteiger partial charge is 0.309 e. The maximum Gasteiger partial charge on any atom is 0.0324 e. The summed E-state index contributed by atoms with van der Waals surface area (Å²) in [5.74, 6) is 1.01. The van der Waals surface area contributed by atoms with Crippen molar-refractivity contribution in [2.75, 3.05) is 20.1 Å². The molecule has 1 saturated carbocycles. The van der Waals surface area contributed by atoms with Gasteiger partial charge in [-0.2, -0.15) is 0 Å². The minimum atomic E-state index is 0.797. The van der Waals surface area contributed by atoms with E-state index >= 15 is 0 Å². The second-order valence-corrected chi connectivity index (χ2v) is 4.87. The zero-order chi connectivity index (χ0) is 9.26. The highest BCUT2D eigenvalue weighted by molar-refractivity contribution is 4.89. The van der Waals surface area contributed by atoms with Crippen molar-refractivity contribution in [1.82, 2.24) is 10.2 Å². The Labute approximate surface area is 81.7 Å². The smallest absolute Gasteiger partial charge is 0.0324 e. The van der Waals surface area contributed by atoms with E-state index in [-0.39, 0.29) is 0 Å².